The van der Waals surface area contributed by atoms with Crippen LogP contribution < -0.4 is 4.90 Å². The molecule has 0 radical (unpaired) electrons. The predicted octanol–water partition coefficient (Wildman–Crippen LogP) is 2.86. The van der Waals surface area contributed by atoms with Crippen LogP contribution in [0, 0.1) is 0 Å². The van der Waals surface area contributed by atoms with Gasteiger partial charge < -0.3 is 10.0 Å². The van der Waals surface area contributed by atoms with E-state index in [-0.39, 0.29) is 0 Å². The van der Waals surface area contributed by atoms with E-state index >= 15 is 0 Å². The van der Waals surface area contributed by atoms with Crippen molar-refractivity contribution in [1.29, 1.82) is 0 Å². The Morgan fingerprint density at radius 2 is 2.28 bits per heavy atom. The van der Waals surface area contributed by atoms with Crippen molar-refractivity contribution in [2.75, 3.05) is 11.4 Å². The smallest absolute Gasteiger partial charge is 0.335 e. The lowest BCUT2D eigenvalue weighted by Crippen LogP contribution is -2.33. The highest BCUT2D eigenvalue weighted by atomic mass is 16.4. The summed E-state index contributed by atoms with van der Waals surface area (Å²) in [6.45, 7) is 1.01. The molecule has 3 heteroatoms. The van der Waals surface area contributed by atoms with Crippen LogP contribution in [0.4, 0.5) is 5.69 Å². The van der Waals surface area contributed by atoms with E-state index in [1.807, 2.05) is 12.1 Å². The van der Waals surface area contributed by atoms with Gasteiger partial charge in [-0.1, -0.05) is 18.2 Å². The largest absolute Gasteiger partial charge is 0.478 e. The highest BCUT2D eigenvalue weighted by Crippen LogP contribution is 2.33. The number of rotatable bonds is 2. The maximum absolute atomic E-state index is 11.1. The minimum Gasteiger partial charge on any atom is -0.478 e. The summed E-state index contributed by atoms with van der Waals surface area (Å²) >= 11 is 0. The summed E-state index contributed by atoms with van der Waals surface area (Å²) in [6, 6.07) is 5.95. The Hall–Kier alpha value is -1.77. The average Bonchev–Trinajstić information content (AvgIpc) is 2.82. The molecule has 0 saturated carbocycles. The molecule has 1 atom stereocenters. The summed E-state index contributed by atoms with van der Waals surface area (Å²) in [6.07, 6.45) is 9.12. The third-order valence-electron chi connectivity index (χ3n) is 3.89. The van der Waals surface area contributed by atoms with E-state index in [1.54, 1.807) is 6.07 Å². The number of aromatic carboxylic acids is 1. The van der Waals surface area contributed by atoms with E-state index < -0.39 is 5.97 Å². The number of allylic oxidation sites excluding steroid dienone is 1. The number of nitrogens with zero attached hydrogens (tertiary/aromatic N) is 1. The Bertz CT molecular complexity index is 507. The van der Waals surface area contributed by atoms with Crippen molar-refractivity contribution < 1.29 is 9.90 Å². The minimum absolute atomic E-state index is 0.389. The molecular weight excluding hydrogens is 226 g/mol. The predicted molar refractivity (Wildman–Crippen MR) is 71.2 cm³/mol. The summed E-state index contributed by atoms with van der Waals surface area (Å²) in [4.78, 5) is 13.4. The zero-order valence-electron chi connectivity index (χ0n) is 10.3. The summed E-state index contributed by atoms with van der Waals surface area (Å²) in [5.41, 5.74) is 2.78. The van der Waals surface area contributed by atoms with Crippen molar-refractivity contribution in [3.8, 4) is 0 Å². The molecule has 1 heterocycles. The molecule has 1 aliphatic carbocycles. The van der Waals surface area contributed by atoms with Crippen molar-refractivity contribution in [1.82, 2.24) is 0 Å². The van der Waals surface area contributed by atoms with Crippen molar-refractivity contribution in [2.24, 2.45) is 0 Å². The molecule has 3 nitrogen and oxygen atoms in total. The zero-order chi connectivity index (χ0) is 12.5. The Morgan fingerprint density at radius 3 is 3.00 bits per heavy atom. The number of carboxylic acids is 1. The van der Waals surface area contributed by atoms with Gasteiger partial charge in [-0.15, -0.1) is 0 Å². The number of hydrogen-bond acceptors (Lipinski definition) is 2. The molecule has 2 aliphatic rings. The van der Waals surface area contributed by atoms with Crippen molar-refractivity contribution in [2.45, 2.75) is 31.7 Å². The van der Waals surface area contributed by atoms with Gasteiger partial charge in [-0.2, -0.15) is 0 Å². The first-order valence-electron chi connectivity index (χ1n) is 6.55. The lowest BCUT2D eigenvalue weighted by molar-refractivity contribution is 0.0697. The Morgan fingerprint density at radius 1 is 1.39 bits per heavy atom. The van der Waals surface area contributed by atoms with Gasteiger partial charge in [0.25, 0.3) is 0 Å². The molecular formula is C15H17NO2. The van der Waals surface area contributed by atoms with Crippen LogP contribution in [0.3, 0.4) is 0 Å². The molecule has 1 N–H and O–H groups in total. The molecule has 0 bridgehead atoms. The molecule has 1 aromatic rings. The number of anilines is 1. The lowest BCUT2D eigenvalue weighted by atomic mass is 10.0. The summed E-state index contributed by atoms with van der Waals surface area (Å²) in [5.74, 6) is -0.844. The third-order valence-corrected chi connectivity index (χ3v) is 3.89. The topological polar surface area (TPSA) is 40.5 Å². The molecule has 0 aromatic heterocycles. The number of carbonyl (C=O) groups is 1. The van der Waals surface area contributed by atoms with Gasteiger partial charge in [0, 0.05) is 18.3 Å². The second-order valence-electron chi connectivity index (χ2n) is 5.02. The molecule has 1 aromatic carbocycles. The fourth-order valence-electron chi connectivity index (χ4n) is 2.94. The molecule has 18 heavy (non-hydrogen) atoms. The van der Waals surface area contributed by atoms with Crippen LogP contribution in [0.15, 0.2) is 30.4 Å². The highest BCUT2D eigenvalue weighted by molar-refractivity contribution is 5.89. The van der Waals surface area contributed by atoms with Crippen molar-refractivity contribution in [3.05, 3.63) is 41.5 Å². The first kappa shape index (κ1) is 11.3. The van der Waals surface area contributed by atoms with Crippen LogP contribution in [0.25, 0.3) is 0 Å². The van der Waals surface area contributed by atoms with Gasteiger partial charge >= 0.3 is 5.97 Å². The van der Waals surface area contributed by atoms with E-state index in [1.165, 1.54) is 24.8 Å². The van der Waals surface area contributed by atoms with Crippen LogP contribution in [0.2, 0.25) is 0 Å². The van der Waals surface area contributed by atoms with Crippen LogP contribution in [-0.2, 0) is 6.42 Å². The molecule has 0 saturated heterocycles. The third kappa shape index (κ3) is 1.90. The fraction of sp³-hybridized carbons (Fsp3) is 0.400. The van der Waals surface area contributed by atoms with Crippen molar-refractivity contribution >= 4 is 11.7 Å². The van der Waals surface area contributed by atoms with Gasteiger partial charge in [0.15, 0.2) is 0 Å². The SMILES string of the molecule is O=C(O)c1ccc2c(c1)N(C1C=CCCC1)CC2. The quantitative estimate of drug-likeness (QED) is 0.812. The zero-order valence-corrected chi connectivity index (χ0v) is 10.3. The van der Waals surface area contributed by atoms with Gasteiger partial charge in [0.1, 0.15) is 0 Å². The fourth-order valence-corrected chi connectivity index (χ4v) is 2.94. The molecule has 3 rings (SSSR count). The van der Waals surface area contributed by atoms with E-state index in [4.69, 9.17) is 5.11 Å². The highest BCUT2D eigenvalue weighted by Gasteiger charge is 2.26. The summed E-state index contributed by atoms with van der Waals surface area (Å²) in [7, 11) is 0. The first-order chi connectivity index (χ1) is 8.75. The molecule has 0 spiro atoms. The average molecular weight is 243 g/mol. The normalized spacial score (nSPS) is 22.0. The molecule has 0 amide bonds. The Balaban J connectivity index is 1.94. The second kappa shape index (κ2) is 4.48. The van der Waals surface area contributed by atoms with Crippen LogP contribution in [0.5, 0.6) is 0 Å². The maximum Gasteiger partial charge on any atom is 0.335 e. The van der Waals surface area contributed by atoms with Crippen molar-refractivity contribution in [3.63, 3.8) is 0 Å². The summed E-state index contributed by atoms with van der Waals surface area (Å²) < 4.78 is 0. The van der Waals surface area contributed by atoms with E-state index in [2.05, 4.69) is 17.1 Å². The second-order valence-corrected chi connectivity index (χ2v) is 5.02. The van der Waals surface area contributed by atoms with Crippen LogP contribution >= 0.6 is 0 Å². The minimum atomic E-state index is -0.844. The van der Waals surface area contributed by atoms with Gasteiger partial charge in [0.2, 0.25) is 0 Å². The number of benzene rings is 1. The van der Waals surface area contributed by atoms with Crippen LogP contribution in [-0.4, -0.2) is 23.7 Å². The van der Waals surface area contributed by atoms with E-state index in [0.717, 1.165) is 18.7 Å². The maximum atomic E-state index is 11.1. The van der Waals surface area contributed by atoms with Gasteiger partial charge in [0.05, 0.1) is 5.56 Å². The van der Waals surface area contributed by atoms with Gasteiger partial charge in [-0.05, 0) is 43.4 Å². The monoisotopic (exact) mass is 243 g/mol. The van der Waals surface area contributed by atoms with Gasteiger partial charge in [-0.25, -0.2) is 4.79 Å². The van der Waals surface area contributed by atoms with E-state index in [9.17, 15) is 4.79 Å². The summed E-state index contributed by atoms with van der Waals surface area (Å²) in [5, 5.41) is 9.08. The number of fused-ring (bicyclic) bond motifs is 1. The molecule has 94 valence electrons. The Kier molecular flexibility index (Phi) is 2.82. The standard InChI is InChI=1S/C15H17NO2/c17-15(18)12-7-6-11-8-9-16(14(11)10-12)13-4-2-1-3-5-13/h2,4,6-7,10,13H,1,3,5,8-9H2,(H,17,18). The molecule has 0 fully saturated rings. The first-order valence-corrected chi connectivity index (χ1v) is 6.55. The Labute approximate surface area is 107 Å². The van der Waals surface area contributed by atoms with Crippen LogP contribution in [0.1, 0.15) is 35.2 Å². The molecule has 1 unspecified atom stereocenters. The number of carboxylic acid groups (broad SMARTS) is 1. The lowest BCUT2D eigenvalue weighted by Gasteiger charge is -2.30. The molecule has 1 aliphatic heterocycles. The van der Waals surface area contributed by atoms with Gasteiger partial charge in [-0.3, -0.25) is 0 Å². The van der Waals surface area contributed by atoms with E-state index in [0.29, 0.717) is 11.6 Å². The number of hydrogen-bond donors (Lipinski definition) is 1.